The van der Waals surface area contributed by atoms with Crippen molar-refractivity contribution in [1.82, 2.24) is 15.2 Å². The number of nitrogens with one attached hydrogen (secondary N) is 1. The Morgan fingerprint density at radius 2 is 2.33 bits per heavy atom. The molecule has 1 aromatic rings. The summed E-state index contributed by atoms with van der Waals surface area (Å²) in [5.74, 6) is 1.09. The number of hydrogen-bond donors (Lipinski definition) is 2. The lowest BCUT2D eigenvalue weighted by atomic mass is 10.2. The second kappa shape index (κ2) is 6.02. The van der Waals surface area contributed by atoms with E-state index in [2.05, 4.69) is 15.2 Å². The Labute approximate surface area is 76.3 Å². The topological polar surface area (TPSA) is 67.6 Å². The number of unbranched alkanes of at least 4 members (excludes halogenated alkanes) is 2. The first-order chi connectivity index (χ1) is 5.93. The molecule has 0 bridgehead atoms. The molecular formula is C7H14N4S. The van der Waals surface area contributed by atoms with Gasteiger partial charge in [0, 0.05) is 5.75 Å². The largest absolute Gasteiger partial charge is 0.330 e. The number of nitrogens with zero attached hydrogens (tertiary/aromatic N) is 2. The van der Waals surface area contributed by atoms with Crippen LogP contribution in [0.4, 0.5) is 0 Å². The molecule has 0 aliphatic carbocycles. The molecule has 4 nitrogen and oxygen atoms in total. The van der Waals surface area contributed by atoms with Crippen molar-refractivity contribution >= 4 is 11.8 Å². The number of H-pyrrole nitrogens is 1. The van der Waals surface area contributed by atoms with Gasteiger partial charge >= 0.3 is 0 Å². The highest BCUT2D eigenvalue weighted by Gasteiger charge is 1.95. The van der Waals surface area contributed by atoms with Gasteiger partial charge in [0.2, 0.25) is 0 Å². The van der Waals surface area contributed by atoms with Gasteiger partial charge in [-0.25, -0.2) is 4.98 Å². The minimum absolute atomic E-state index is 0.799. The third-order valence-electron chi connectivity index (χ3n) is 1.48. The van der Waals surface area contributed by atoms with E-state index in [4.69, 9.17) is 5.73 Å². The third kappa shape index (κ3) is 3.73. The third-order valence-corrected chi connectivity index (χ3v) is 2.44. The van der Waals surface area contributed by atoms with Crippen molar-refractivity contribution in [3.63, 3.8) is 0 Å². The molecule has 3 N–H and O–H groups in total. The summed E-state index contributed by atoms with van der Waals surface area (Å²) in [5, 5.41) is 7.47. The average Bonchev–Trinajstić information content (AvgIpc) is 2.57. The molecule has 0 radical (unpaired) electrons. The van der Waals surface area contributed by atoms with Crippen molar-refractivity contribution in [2.75, 3.05) is 12.3 Å². The van der Waals surface area contributed by atoms with Crippen LogP contribution in [-0.2, 0) is 0 Å². The smallest absolute Gasteiger partial charge is 0.183 e. The fourth-order valence-electron chi connectivity index (χ4n) is 0.856. The first kappa shape index (κ1) is 9.54. The zero-order valence-corrected chi connectivity index (χ0v) is 7.81. The lowest BCUT2D eigenvalue weighted by Crippen LogP contribution is -1.97. The minimum Gasteiger partial charge on any atom is -0.330 e. The Balaban J connectivity index is 1.96. The molecular weight excluding hydrogens is 172 g/mol. The van der Waals surface area contributed by atoms with Crippen LogP contribution in [0.1, 0.15) is 19.3 Å². The molecule has 0 amide bonds. The van der Waals surface area contributed by atoms with Crippen LogP contribution in [0.25, 0.3) is 0 Å². The SMILES string of the molecule is NCCCCCSc1ncn[nH]1. The van der Waals surface area contributed by atoms with Crippen LogP contribution in [0.5, 0.6) is 0 Å². The standard InChI is InChI=1S/C7H14N4S/c8-4-2-1-3-5-12-7-9-6-10-11-7/h6H,1-5,8H2,(H,9,10,11). The Morgan fingerprint density at radius 3 is 3.00 bits per heavy atom. The van der Waals surface area contributed by atoms with E-state index in [1.165, 1.54) is 19.2 Å². The number of aromatic amines is 1. The lowest BCUT2D eigenvalue weighted by molar-refractivity contribution is 0.731. The van der Waals surface area contributed by atoms with Crippen molar-refractivity contribution < 1.29 is 0 Å². The molecule has 0 spiro atoms. The quantitative estimate of drug-likeness (QED) is 0.514. The van der Waals surface area contributed by atoms with Gasteiger partial charge in [0.15, 0.2) is 5.16 Å². The first-order valence-electron chi connectivity index (χ1n) is 4.11. The van der Waals surface area contributed by atoms with Crippen LogP contribution in [0.15, 0.2) is 11.5 Å². The van der Waals surface area contributed by atoms with Gasteiger partial charge in [-0.15, -0.1) is 0 Å². The van der Waals surface area contributed by atoms with Gasteiger partial charge in [-0.05, 0) is 19.4 Å². The summed E-state index contributed by atoms with van der Waals surface area (Å²) in [6, 6.07) is 0. The number of nitrogens with two attached hydrogens (primary N) is 1. The van der Waals surface area contributed by atoms with Crippen LogP contribution in [-0.4, -0.2) is 27.5 Å². The molecule has 0 saturated carbocycles. The highest BCUT2D eigenvalue weighted by molar-refractivity contribution is 7.99. The van der Waals surface area contributed by atoms with E-state index in [1.54, 1.807) is 11.8 Å². The fraction of sp³-hybridized carbons (Fsp3) is 0.714. The zero-order chi connectivity index (χ0) is 8.65. The van der Waals surface area contributed by atoms with Crippen molar-refractivity contribution in [1.29, 1.82) is 0 Å². The van der Waals surface area contributed by atoms with Crippen LogP contribution in [0.3, 0.4) is 0 Å². The molecule has 0 fully saturated rings. The maximum atomic E-state index is 5.37. The maximum Gasteiger partial charge on any atom is 0.183 e. The van der Waals surface area contributed by atoms with Crippen LogP contribution >= 0.6 is 11.8 Å². The predicted octanol–water partition coefficient (Wildman–Crippen LogP) is 1.03. The van der Waals surface area contributed by atoms with E-state index in [0.29, 0.717) is 0 Å². The summed E-state index contributed by atoms with van der Waals surface area (Å²) in [6.45, 7) is 0.799. The van der Waals surface area contributed by atoms with Crippen molar-refractivity contribution in [3.8, 4) is 0 Å². The number of aromatic nitrogens is 3. The molecule has 68 valence electrons. The van der Waals surface area contributed by atoms with Crippen LogP contribution in [0.2, 0.25) is 0 Å². The minimum atomic E-state index is 0.799. The summed E-state index contributed by atoms with van der Waals surface area (Å²) in [6.07, 6.45) is 5.05. The number of hydrogen-bond acceptors (Lipinski definition) is 4. The van der Waals surface area contributed by atoms with Gasteiger partial charge in [-0.1, -0.05) is 18.2 Å². The normalized spacial score (nSPS) is 10.4. The maximum absolute atomic E-state index is 5.37. The molecule has 0 aliphatic heterocycles. The summed E-state index contributed by atoms with van der Waals surface area (Å²) in [7, 11) is 0. The molecule has 0 unspecified atom stereocenters. The average molecular weight is 186 g/mol. The Bertz CT molecular complexity index is 187. The van der Waals surface area contributed by atoms with Crippen LogP contribution in [0, 0.1) is 0 Å². The molecule has 0 aliphatic rings. The molecule has 0 atom stereocenters. The van der Waals surface area contributed by atoms with Gasteiger partial charge in [-0.3, -0.25) is 5.10 Å². The fourth-order valence-corrected chi connectivity index (χ4v) is 1.64. The Morgan fingerprint density at radius 1 is 1.42 bits per heavy atom. The van der Waals surface area contributed by atoms with E-state index >= 15 is 0 Å². The van der Waals surface area contributed by atoms with Crippen LogP contribution < -0.4 is 5.73 Å². The van der Waals surface area contributed by atoms with Gasteiger partial charge < -0.3 is 5.73 Å². The Kier molecular flexibility index (Phi) is 4.79. The molecule has 5 heteroatoms. The van der Waals surface area contributed by atoms with Crippen molar-refractivity contribution in [2.24, 2.45) is 5.73 Å². The molecule has 1 rings (SSSR count). The summed E-state index contributed by atoms with van der Waals surface area (Å²) in [5.41, 5.74) is 5.37. The zero-order valence-electron chi connectivity index (χ0n) is 6.99. The van der Waals surface area contributed by atoms with E-state index in [-0.39, 0.29) is 0 Å². The molecule has 1 heterocycles. The van der Waals surface area contributed by atoms with Gasteiger partial charge in [0.25, 0.3) is 0 Å². The second-order valence-electron chi connectivity index (χ2n) is 2.49. The lowest BCUT2D eigenvalue weighted by Gasteiger charge is -1.96. The summed E-state index contributed by atoms with van der Waals surface area (Å²) < 4.78 is 0. The first-order valence-corrected chi connectivity index (χ1v) is 5.10. The second-order valence-corrected chi connectivity index (χ2v) is 3.57. The number of thioether (sulfide) groups is 1. The van der Waals surface area contributed by atoms with E-state index in [1.807, 2.05) is 0 Å². The highest BCUT2D eigenvalue weighted by atomic mass is 32.2. The predicted molar refractivity (Wildman–Crippen MR) is 50.0 cm³/mol. The van der Waals surface area contributed by atoms with Crippen molar-refractivity contribution in [3.05, 3.63) is 6.33 Å². The molecule has 0 aromatic carbocycles. The Hall–Kier alpha value is -0.550. The monoisotopic (exact) mass is 186 g/mol. The summed E-state index contributed by atoms with van der Waals surface area (Å²) in [4.78, 5) is 4.01. The van der Waals surface area contributed by atoms with Crippen molar-refractivity contribution in [2.45, 2.75) is 24.4 Å². The van der Waals surface area contributed by atoms with Gasteiger partial charge in [0.1, 0.15) is 6.33 Å². The summed E-state index contributed by atoms with van der Waals surface area (Å²) >= 11 is 1.71. The highest BCUT2D eigenvalue weighted by Crippen LogP contribution is 2.12. The van der Waals surface area contributed by atoms with E-state index in [9.17, 15) is 0 Å². The van der Waals surface area contributed by atoms with E-state index in [0.717, 1.165) is 23.9 Å². The molecule has 0 saturated heterocycles. The van der Waals surface area contributed by atoms with E-state index < -0.39 is 0 Å². The molecule has 12 heavy (non-hydrogen) atoms. The van der Waals surface area contributed by atoms with Gasteiger partial charge in [-0.2, -0.15) is 5.10 Å². The van der Waals surface area contributed by atoms with Gasteiger partial charge in [0.05, 0.1) is 0 Å². The molecule has 1 aromatic heterocycles. The number of rotatable bonds is 6.